The molecule has 0 spiro atoms. The third-order valence-corrected chi connectivity index (χ3v) is 2.82. The first-order chi connectivity index (χ1) is 7.59. The lowest BCUT2D eigenvalue weighted by Gasteiger charge is -2.08. The van der Waals surface area contributed by atoms with Gasteiger partial charge in [-0.25, -0.2) is 8.42 Å². The lowest BCUT2D eigenvalue weighted by atomic mass is 10.1. The summed E-state index contributed by atoms with van der Waals surface area (Å²) in [5, 5.41) is 1.88. The van der Waals surface area contributed by atoms with Crippen LogP contribution >= 0.6 is 15.9 Å². The van der Waals surface area contributed by atoms with Gasteiger partial charge in [0, 0.05) is 15.3 Å². The summed E-state index contributed by atoms with van der Waals surface area (Å²) in [5.41, 5.74) is -0.899. The molecule has 0 aliphatic heterocycles. The lowest BCUT2D eigenvalue weighted by Crippen LogP contribution is -2.06. The van der Waals surface area contributed by atoms with E-state index in [1.807, 2.05) is 5.25 Å². The third kappa shape index (κ3) is 4.40. The molecule has 1 aromatic carbocycles. The second kappa shape index (κ2) is 4.70. The van der Waals surface area contributed by atoms with Crippen molar-refractivity contribution in [3.63, 3.8) is 0 Å². The molecule has 2 nitrogen and oxygen atoms in total. The first-order valence-electron chi connectivity index (χ1n) is 4.19. The quantitative estimate of drug-likeness (QED) is 0.687. The van der Waals surface area contributed by atoms with Gasteiger partial charge >= 0.3 is 6.18 Å². The predicted molar refractivity (Wildman–Crippen MR) is 60.9 cm³/mol. The molecule has 0 atom stereocenters. The molecule has 0 radical (unpaired) electrons. The van der Waals surface area contributed by atoms with E-state index in [9.17, 15) is 21.6 Å². The van der Waals surface area contributed by atoms with Gasteiger partial charge < -0.3 is 0 Å². The Hall–Kier alpha value is -1.00. The summed E-state index contributed by atoms with van der Waals surface area (Å²) in [6, 6.07) is 3.27. The number of rotatable bonds is 0. The monoisotopic (exact) mass is 326 g/mol. The fourth-order valence-electron chi connectivity index (χ4n) is 0.972. The molecule has 17 heavy (non-hydrogen) atoms. The summed E-state index contributed by atoms with van der Waals surface area (Å²) in [5.74, 6) is 2.17. The zero-order chi connectivity index (χ0) is 13.3. The van der Waals surface area contributed by atoms with E-state index in [0.717, 1.165) is 12.3 Å². The van der Waals surface area contributed by atoms with Crippen molar-refractivity contribution in [1.29, 1.82) is 0 Å². The highest BCUT2D eigenvalue weighted by Gasteiger charge is 2.32. The van der Waals surface area contributed by atoms with Crippen LogP contribution in [0, 0.1) is 11.2 Å². The van der Waals surface area contributed by atoms with Crippen LogP contribution in [0.5, 0.6) is 0 Å². The van der Waals surface area contributed by atoms with E-state index >= 15 is 0 Å². The number of benzene rings is 1. The molecule has 0 fully saturated rings. The van der Waals surface area contributed by atoms with Gasteiger partial charge in [-0.3, -0.25) is 0 Å². The van der Waals surface area contributed by atoms with Crippen LogP contribution in [0.2, 0.25) is 0 Å². The van der Waals surface area contributed by atoms with E-state index in [0.29, 0.717) is 0 Å². The minimum absolute atomic E-state index is 0.00838. The Balaban J connectivity index is 3.27. The van der Waals surface area contributed by atoms with E-state index in [1.54, 1.807) is 0 Å². The van der Waals surface area contributed by atoms with Gasteiger partial charge in [0.05, 0.1) is 11.8 Å². The van der Waals surface area contributed by atoms with E-state index in [4.69, 9.17) is 0 Å². The van der Waals surface area contributed by atoms with Crippen LogP contribution in [0.25, 0.3) is 0 Å². The maximum absolute atomic E-state index is 12.5. The largest absolute Gasteiger partial charge is 0.417 e. The second-order valence-electron chi connectivity index (χ2n) is 3.19. The van der Waals surface area contributed by atoms with Crippen molar-refractivity contribution >= 4 is 25.8 Å². The third-order valence-electron chi connectivity index (χ3n) is 1.65. The van der Waals surface area contributed by atoms with E-state index < -0.39 is 21.6 Å². The molecule has 7 heteroatoms. The Labute approximate surface area is 105 Å². The molecule has 0 bridgehead atoms. The average Bonchev–Trinajstić information content (AvgIpc) is 2.13. The van der Waals surface area contributed by atoms with Gasteiger partial charge in [-0.2, -0.15) is 13.2 Å². The zero-order valence-electron chi connectivity index (χ0n) is 8.47. The first-order valence-corrected chi connectivity index (χ1v) is 6.87. The van der Waals surface area contributed by atoms with E-state index in [1.165, 1.54) is 12.1 Å². The van der Waals surface area contributed by atoms with Gasteiger partial charge in [-0.15, -0.1) is 0 Å². The molecule has 92 valence electrons. The van der Waals surface area contributed by atoms with Gasteiger partial charge in [0.15, 0.2) is 0 Å². The number of alkyl halides is 3. The lowest BCUT2D eigenvalue weighted by molar-refractivity contribution is -0.138. The second-order valence-corrected chi connectivity index (χ2v) is 5.79. The van der Waals surface area contributed by atoms with Crippen LogP contribution in [-0.4, -0.2) is 14.7 Å². The number of hydrogen-bond acceptors (Lipinski definition) is 2. The van der Waals surface area contributed by atoms with E-state index in [2.05, 4.69) is 21.9 Å². The van der Waals surface area contributed by atoms with Crippen LogP contribution in [0.3, 0.4) is 0 Å². The van der Waals surface area contributed by atoms with Gasteiger partial charge in [-0.05, 0) is 18.2 Å². The molecule has 0 saturated carbocycles. The van der Waals surface area contributed by atoms with Crippen molar-refractivity contribution in [3.8, 4) is 11.2 Å². The van der Waals surface area contributed by atoms with Crippen molar-refractivity contribution in [1.82, 2.24) is 0 Å². The summed E-state index contributed by atoms with van der Waals surface area (Å²) < 4.78 is 58.9. The SMILES string of the molecule is CS(=O)(=O)C#Cc1ccc(Br)c(C(F)(F)F)c1. The van der Waals surface area contributed by atoms with Gasteiger partial charge in [0.2, 0.25) is 9.84 Å². The van der Waals surface area contributed by atoms with Crippen molar-refractivity contribution in [3.05, 3.63) is 33.8 Å². The molecule has 0 heterocycles. The molecule has 0 aromatic heterocycles. The van der Waals surface area contributed by atoms with Crippen molar-refractivity contribution in [2.24, 2.45) is 0 Å². The summed E-state index contributed by atoms with van der Waals surface area (Å²) in [6.07, 6.45) is -3.63. The Kier molecular flexibility index (Phi) is 3.89. The minimum Gasteiger partial charge on any atom is -0.216 e. The van der Waals surface area contributed by atoms with Crippen LogP contribution in [0.4, 0.5) is 13.2 Å². The standard InChI is InChI=1S/C10H6BrF3O2S/c1-17(15,16)5-4-7-2-3-9(11)8(6-7)10(12,13)14/h2-3,6H,1H3. The molecule has 0 amide bonds. The number of halogens is 4. The minimum atomic E-state index is -4.51. The highest BCUT2D eigenvalue weighted by atomic mass is 79.9. The van der Waals surface area contributed by atoms with Crippen LogP contribution in [-0.2, 0) is 16.0 Å². The molecule has 0 saturated heterocycles. The Morgan fingerprint density at radius 2 is 1.88 bits per heavy atom. The molecular formula is C10H6BrF3O2S. The maximum atomic E-state index is 12.5. The molecule has 1 rings (SSSR count). The Morgan fingerprint density at radius 3 is 2.35 bits per heavy atom. The molecule has 1 aromatic rings. The highest BCUT2D eigenvalue weighted by molar-refractivity contribution is 9.10. The molecule has 0 N–H and O–H groups in total. The normalized spacial score (nSPS) is 11.8. The Bertz CT molecular complexity index is 594. The van der Waals surface area contributed by atoms with Crippen molar-refractivity contribution in [2.45, 2.75) is 6.18 Å². The van der Waals surface area contributed by atoms with Crippen molar-refractivity contribution in [2.75, 3.05) is 6.26 Å². The first kappa shape index (κ1) is 14.1. The fourth-order valence-corrected chi connectivity index (χ4v) is 1.75. The van der Waals surface area contributed by atoms with Crippen LogP contribution < -0.4 is 0 Å². The average molecular weight is 327 g/mol. The molecular weight excluding hydrogens is 321 g/mol. The fraction of sp³-hybridized carbons (Fsp3) is 0.200. The predicted octanol–water partition coefficient (Wildman–Crippen LogP) is 2.82. The topological polar surface area (TPSA) is 34.1 Å². The zero-order valence-corrected chi connectivity index (χ0v) is 10.9. The van der Waals surface area contributed by atoms with Crippen LogP contribution in [0.1, 0.15) is 11.1 Å². The molecule has 0 aliphatic rings. The summed E-state index contributed by atoms with van der Waals surface area (Å²) in [4.78, 5) is 0. The van der Waals surface area contributed by atoms with Gasteiger partial charge in [0.1, 0.15) is 0 Å². The molecule has 0 aliphatic carbocycles. The Morgan fingerprint density at radius 1 is 1.29 bits per heavy atom. The number of sulfone groups is 1. The summed E-state index contributed by atoms with van der Waals surface area (Å²) in [6.45, 7) is 0. The molecule has 0 unspecified atom stereocenters. The summed E-state index contributed by atoms with van der Waals surface area (Å²) in [7, 11) is -3.53. The smallest absolute Gasteiger partial charge is 0.216 e. The van der Waals surface area contributed by atoms with Crippen molar-refractivity contribution < 1.29 is 21.6 Å². The maximum Gasteiger partial charge on any atom is 0.417 e. The number of hydrogen-bond donors (Lipinski definition) is 0. The van der Waals surface area contributed by atoms with Gasteiger partial charge in [0.25, 0.3) is 0 Å². The summed E-state index contributed by atoms with van der Waals surface area (Å²) >= 11 is 2.77. The van der Waals surface area contributed by atoms with Crippen LogP contribution in [0.15, 0.2) is 22.7 Å². The highest BCUT2D eigenvalue weighted by Crippen LogP contribution is 2.35. The van der Waals surface area contributed by atoms with E-state index in [-0.39, 0.29) is 10.0 Å². The van der Waals surface area contributed by atoms with Gasteiger partial charge in [-0.1, -0.05) is 21.9 Å².